The van der Waals surface area contributed by atoms with Crippen LogP contribution in [-0.2, 0) is 27.9 Å². The molecule has 3 rings (SSSR count). The van der Waals surface area contributed by atoms with Gasteiger partial charge in [-0.1, -0.05) is 7.43 Å². The van der Waals surface area contributed by atoms with Crippen LogP contribution in [0, 0.1) is 11.3 Å². The molecule has 0 saturated carbocycles. The standard InChI is InChI=1S/C19H18F3N7O5.CH4/c1-18(2,9-23)25-17(31)34-11-5-14(32-8-11)12-6-15(27-26-12)24-16(30)13-4-10(28-29(13)3)7-33-19(20,21)22;/h4,6H,7-8H2,1-3H3,(H,25,31)(H2,24,26,27,30);1H4. The number of rotatable bonds is 7. The Kier molecular flexibility index (Phi) is 7.96. The molecule has 0 aromatic carbocycles. The first-order chi connectivity index (χ1) is 15.8. The fourth-order valence-electron chi connectivity index (χ4n) is 2.60. The smallest absolute Gasteiger partial charge is 0.475 e. The van der Waals surface area contributed by atoms with E-state index in [1.165, 1.54) is 27.0 Å². The third-order valence-electron chi connectivity index (χ3n) is 4.12. The lowest BCUT2D eigenvalue weighted by Gasteiger charge is -2.16. The highest BCUT2D eigenvalue weighted by Gasteiger charge is 2.30. The number of carbonyl (C=O) groups is 2. The highest BCUT2D eigenvalue weighted by atomic mass is 19.4. The molecule has 35 heavy (non-hydrogen) atoms. The molecule has 1 aliphatic heterocycles. The van der Waals surface area contributed by atoms with Crippen molar-refractivity contribution in [2.24, 2.45) is 7.05 Å². The van der Waals surface area contributed by atoms with E-state index in [0.29, 0.717) is 5.69 Å². The lowest BCUT2D eigenvalue weighted by atomic mass is 10.1. The zero-order chi connectivity index (χ0) is 25.1. The van der Waals surface area contributed by atoms with Crippen LogP contribution in [0.2, 0.25) is 0 Å². The first-order valence-electron chi connectivity index (χ1n) is 9.50. The van der Waals surface area contributed by atoms with E-state index in [9.17, 15) is 22.8 Å². The van der Waals surface area contributed by atoms with Gasteiger partial charge >= 0.3 is 12.5 Å². The molecule has 188 valence electrons. The van der Waals surface area contributed by atoms with Crippen molar-refractivity contribution in [2.75, 3.05) is 11.9 Å². The van der Waals surface area contributed by atoms with E-state index in [1.807, 2.05) is 6.07 Å². The van der Waals surface area contributed by atoms with Gasteiger partial charge in [0, 0.05) is 13.1 Å². The van der Waals surface area contributed by atoms with Gasteiger partial charge in [0.1, 0.15) is 23.5 Å². The normalized spacial score (nSPS) is 13.1. The lowest BCUT2D eigenvalue weighted by Crippen LogP contribution is -2.42. The van der Waals surface area contributed by atoms with Crippen LogP contribution in [0.5, 0.6) is 0 Å². The largest absolute Gasteiger partial charge is 0.522 e. The summed E-state index contributed by atoms with van der Waals surface area (Å²) >= 11 is 0. The predicted octanol–water partition coefficient (Wildman–Crippen LogP) is 2.95. The van der Waals surface area contributed by atoms with E-state index in [0.717, 1.165) is 10.7 Å². The van der Waals surface area contributed by atoms with Gasteiger partial charge in [-0.2, -0.15) is 15.5 Å². The lowest BCUT2D eigenvalue weighted by molar-refractivity contribution is -0.330. The number of aromatic amines is 1. The molecule has 2 amide bonds. The van der Waals surface area contributed by atoms with Crippen molar-refractivity contribution >= 4 is 23.6 Å². The third kappa shape index (κ3) is 7.36. The summed E-state index contributed by atoms with van der Waals surface area (Å²) in [4.78, 5) is 24.3. The molecule has 15 heteroatoms. The molecule has 1 aliphatic rings. The Bertz CT molecular complexity index is 1220. The number of H-pyrrole nitrogens is 1. The molecule has 0 aliphatic carbocycles. The van der Waals surface area contributed by atoms with Crippen molar-refractivity contribution in [2.45, 2.75) is 39.8 Å². The Labute approximate surface area is 197 Å². The molecule has 0 saturated heterocycles. The van der Waals surface area contributed by atoms with E-state index >= 15 is 0 Å². The molecule has 3 N–H and O–H groups in total. The van der Waals surface area contributed by atoms with Gasteiger partial charge in [0.15, 0.2) is 23.9 Å². The number of carbonyl (C=O) groups excluding carboxylic acids is 2. The maximum absolute atomic E-state index is 12.5. The Hall–Kier alpha value is -4.28. The quantitative estimate of drug-likeness (QED) is 0.493. The maximum atomic E-state index is 12.5. The van der Waals surface area contributed by atoms with Crippen molar-refractivity contribution in [3.63, 3.8) is 0 Å². The van der Waals surface area contributed by atoms with Crippen molar-refractivity contribution in [1.82, 2.24) is 25.3 Å². The average molecular weight is 497 g/mol. The fraction of sp³-hybridized carbons (Fsp3) is 0.400. The number of aryl methyl sites for hydroxylation is 1. The molecular formula is C20H22F3N7O5. The number of alkyl halides is 3. The van der Waals surface area contributed by atoms with E-state index in [1.54, 1.807) is 0 Å². The second-order valence-electron chi connectivity index (χ2n) is 7.42. The van der Waals surface area contributed by atoms with Gasteiger partial charge in [-0.25, -0.2) is 4.79 Å². The van der Waals surface area contributed by atoms with Gasteiger partial charge in [0.2, 0.25) is 0 Å². The maximum Gasteiger partial charge on any atom is 0.522 e. The fourth-order valence-corrected chi connectivity index (χ4v) is 2.60. The third-order valence-corrected chi connectivity index (χ3v) is 4.12. The Morgan fingerprint density at radius 3 is 2.74 bits per heavy atom. The van der Waals surface area contributed by atoms with E-state index in [-0.39, 0.29) is 42.8 Å². The van der Waals surface area contributed by atoms with E-state index in [2.05, 4.69) is 36.4 Å². The second kappa shape index (κ2) is 10.3. The van der Waals surface area contributed by atoms with Gasteiger partial charge in [-0.15, -0.1) is 13.2 Å². The summed E-state index contributed by atoms with van der Waals surface area (Å²) in [6.07, 6.45) is -5.67. The molecule has 0 atom stereocenters. The number of hydrogen-bond donors (Lipinski definition) is 3. The Morgan fingerprint density at radius 1 is 1.37 bits per heavy atom. The molecule has 0 unspecified atom stereocenters. The number of nitrogens with one attached hydrogen (secondary N) is 3. The Morgan fingerprint density at radius 2 is 2.09 bits per heavy atom. The van der Waals surface area contributed by atoms with Crippen molar-refractivity contribution in [3.8, 4) is 6.07 Å². The first-order valence-corrected chi connectivity index (χ1v) is 9.50. The molecule has 0 radical (unpaired) electrons. The van der Waals surface area contributed by atoms with Crippen LogP contribution in [0.3, 0.4) is 0 Å². The van der Waals surface area contributed by atoms with Gasteiger partial charge in [0.25, 0.3) is 5.91 Å². The summed E-state index contributed by atoms with van der Waals surface area (Å²) in [5.41, 5.74) is 1.79. The summed E-state index contributed by atoms with van der Waals surface area (Å²) < 4.78 is 51.8. The van der Waals surface area contributed by atoms with Crippen LogP contribution in [0.15, 0.2) is 23.6 Å². The molecule has 0 bridgehead atoms. The number of amides is 2. The van der Waals surface area contributed by atoms with Gasteiger partial charge in [-0.05, 0) is 25.6 Å². The molecule has 3 heterocycles. The number of hydrogen-bond acceptors (Lipinski definition) is 8. The predicted molar refractivity (Wildman–Crippen MR) is 113 cm³/mol. The summed E-state index contributed by atoms with van der Waals surface area (Å²) in [7, 11) is 1.39. The number of nitriles is 1. The number of aromatic nitrogens is 4. The zero-order valence-corrected chi connectivity index (χ0v) is 18.0. The number of ether oxygens (including phenoxy) is 3. The van der Waals surface area contributed by atoms with Crippen LogP contribution in [-0.4, -0.2) is 50.5 Å². The topological polar surface area (TPSA) is 156 Å². The molecule has 12 nitrogen and oxygen atoms in total. The monoisotopic (exact) mass is 497 g/mol. The summed E-state index contributed by atoms with van der Waals surface area (Å²) in [6, 6.07) is 4.46. The molecule has 2 aromatic rings. The van der Waals surface area contributed by atoms with Gasteiger partial charge < -0.3 is 20.1 Å². The minimum atomic E-state index is -4.82. The van der Waals surface area contributed by atoms with Crippen molar-refractivity contribution < 1.29 is 37.0 Å². The zero-order valence-electron chi connectivity index (χ0n) is 18.0. The van der Waals surface area contributed by atoms with Crippen LogP contribution in [0.4, 0.5) is 23.8 Å². The van der Waals surface area contributed by atoms with Crippen LogP contribution in [0.25, 0.3) is 5.76 Å². The van der Waals surface area contributed by atoms with Crippen LogP contribution >= 0.6 is 0 Å². The SMILES string of the molecule is C.Cn1nc(COC(F)(F)F)cc1C(=O)Nc1cc(C2=C=C(OC(=O)NC(C)(C)C#N)CO2)[nH]n1. The number of anilines is 1. The highest BCUT2D eigenvalue weighted by Crippen LogP contribution is 2.23. The number of nitrogens with zero attached hydrogens (tertiary/aromatic N) is 4. The van der Waals surface area contributed by atoms with Gasteiger partial charge in [-0.3, -0.25) is 19.3 Å². The molecule has 0 fully saturated rings. The number of halogens is 3. The number of alkyl carbamates (subject to hydrolysis) is 1. The Balaban J connectivity index is 0.00000432. The molecule has 2 aromatic heterocycles. The van der Waals surface area contributed by atoms with Gasteiger partial charge in [0.05, 0.1) is 11.8 Å². The minimum absolute atomic E-state index is 0. The first kappa shape index (κ1) is 27.0. The van der Waals surface area contributed by atoms with Crippen LogP contribution < -0.4 is 10.6 Å². The summed E-state index contributed by atoms with van der Waals surface area (Å²) in [6.45, 7) is 2.05. The average Bonchev–Trinajstić information content (AvgIpc) is 3.45. The minimum Gasteiger partial charge on any atom is -0.475 e. The van der Waals surface area contributed by atoms with E-state index < -0.39 is 30.5 Å². The van der Waals surface area contributed by atoms with E-state index in [4.69, 9.17) is 14.7 Å². The van der Waals surface area contributed by atoms with Crippen molar-refractivity contribution in [1.29, 1.82) is 5.26 Å². The van der Waals surface area contributed by atoms with Crippen LogP contribution in [0.1, 0.15) is 43.2 Å². The second-order valence-corrected chi connectivity index (χ2v) is 7.42. The molecular weight excluding hydrogens is 475 g/mol. The molecule has 0 spiro atoms. The summed E-state index contributed by atoms with van der Waals surface area (Å²) in [5, 5.41) is 24.1. The highest BCUT2D eigenvalue weighted by molar-refractivity contribution is 6.02. The van der Waals surface area contributed by atoms with Crippen molar-refractivity contribution in [3.05, 3.63) is 40.7 Å². The summed E-state index contributed by atoms with van der Waals surface area (Å²) in [5.74, 6) is -0.383.